The zero-order valence-electron chi connectivity index (χ0n) is 21.4. The molecule has 4 aromatic heterocycles. The van der Waals surface area contributed by atoms with Crippen LogP contribution in [0.1, 0.15) is 47.7 Å². The number of fused-ring (bicyclic) bond motifs is 4. The quantitative estimate of drug-likeness (QED) is 0.263. The maximum atomic E-state index is 13.6. The van der Waals surface area contributed by atoms with Crippen molar-refractivity contribution in [2.75, 3.05) is 0 Å². The smallest absolute Gasteiger partial charge is 0.283 e. The fourth-order valence-corrected chi connectivity index (χ4v) is 6.23. The summed E-state index contributed by atoms with van der Waals surface area (Å²) in [5.74, 6) is 1.19. The van der Waals surface area contributed by atoms with Gasteiger partial charge in [-0.15, -0.1) is 5.10 Å². The van der Waals surface area contributed by atoms with E-state index in [2.05, 4.69) is 25.4 Å². The Kier molecular flexibility index (Phi) is 5.12. The van der Waals surface area contributed by atoms with Gasteiger partial charge in [0.2, 0.25) is 0 Å². The van der Waals surface area contributed by atoms with Crippen LogP contribution < -0.4 is 5.56 Å². The normalized spacial score (nSPS) is 19.2. The summed E-state index contributed by atoms with van der Waals surface area (Å²) in [6, 6.07) is 14.2. The SMILES string of the molecule is Cc1noc2cc(-c3cnc(C4C5CC5c5cc(-c6cc(Cl)ccc6-n6cc(C(F)F)nn6)cc(=O)n54)[nH]3)ccc12. The molecule has 12 heteroatoms. The van der Waals surface area contributed by atoms with Crippen LogP contribution in [0.2, 0.25) is 5.02 Å². The second-order valence-electron chi connectivity index (χ2n) is 10.5. The minimum atomic E-state index is -2.75. The van der Waals surface area contributed by atoms with E-state index in [1.54, 1.807) is 30.5 Å². The standard InChI is InChI=1S/C29H20ClF2N7O2/c1-13-17-4-2-14(7-25(17)41-36-13)21-11-33-29(34-21)27-20-10-19(20)24-6-15(8-26(40)39(24)27)18-9-16(30)3-5-23(18)38-12-22(28(31)32)35-37-38/h2-9,11-12,19-20,27-28H,10H2,1H3,(H,33,34). The molecule has 2 aromatic carbocycles. The number of benzene rings is 2. The molecule has 6 aromatic rings. The van der Waals surface area contributed by atoms with Crippen molar-refractivity contribution in [3.8, 4) is 28.1 Å². The van der Waals surface area contributed by atoms with E-state index in [9.17, 15) is 13.6 Å². The van der Waals surface area contributed by atoms with E-state index >= 15 is 0 Å². The van der Waals surface area contributed by atoms with Gasteiger partial charge in [0.05, 0.1) is 35.5 Å². The third-order valence-corrected chi connectivity index (χ3v) is 8.33. The molecule has 1 N–H and O–H groups in total. The average molecular weight is 572 g/mol. The molecule has 1 aliphatic carbocycles. The summed E-state index contributed by atoms with van der Waals surface area (Å²) >= 11 is 6.32. The van der Waals surface area contributed by atoms with Gasteiger partial charge >= 0.3 is 0 Å². The number of aromatic nitrogens is 7. The summed E-state index contributed by atoms with van der Waals surface area (Å²) in [4.78, 5) is 21.8. The molecule has 1 saturated carbocycles. The molecule has 3 atom stereocenters. The van der Waals surface area contributed by atoms with Gasteiger partial charge in [0.1, 0.15) is 11.5 Å². The molecule has 8 rings (SSSR count). The van der Waals surface area contributed by atoms with E-state index < -0.39 is 12.1 Å². The lowest BCUT2D eigenvalue weighted by atomic mass is 10.0. The van der Waals surface area contributed by atoms with Crippen LogP contribution in [0.5, 0.6) is 0 Å². The highest BCUT2D eigenvalue weighted by molar-refractivity contribution is 6.31. The number of hydrogen-bond donors (Lipinski definition) is 1. The zero-order chi connectivity index (χ0) is 28.0. The Morgan fingerprint density at radius 1 is 1.12 bits per heavy atom. The maximum absolute atomic E-state index is 13.6. The molecular weight excluding hydrogens is 552 g/mol. The number of alkyl halides is 2. The van der Waals surface area contributed by atoms with Crippen LogP contribution in [0.15, 0.2) is 70.2 Å². The molecule has 1 fully saturated rings. The molecule has 41 heavy (non-hydrogen) atoms. The minimum Gasteiger partial charge on any atom is -0.356 e. The lowest BCUT2D eigenvalue weighted by Gasteiger charge is -2.18. The number of pyridine rings is 1. The number of aryl methyl sites for hydroxylation is 1. The largest absolute Gasteiger partial charge is 0.356 e. The Bertz CT molecular complexity index is 2060. The predicted octanol–water partition coefficient (Wildman–Crippen LogP) is 6.23. The Balaban J connectivity index is 1.18. The monoisotopic (exact) mass is 571 g/mol. The lowest BCUT2D eigenvalue weighted by molar-refractivity contribution is 0.146. The molecule has 9 nitrogen and oxygen atoms in total. The Morgan fingerprint density at radius 2 is 2.00 bits per heavy atom. The molecule has 0 amide bonds. The van der Waals surface area contributed by atoms with Gasteiger partial charge in [-0.2, -0.15) is 0 Å². The van der Waals surface area contributed by atoms with Crippen LogP contribution >= 0.6 is 11.6 Å². The van der Waals surface area contributed by atoms with Crippen molar-refractivity contribution in [2.45, 2.75) is 31.7 Å². The van der Waals surface area contributed by atoms with Crippen LogP contribution in [-0.2, 0) is 0 Å². The van der Waals surface area contributed by atoms with Crippen molar-refractivity contribution < 1.29 is 13.3 Å². The van der Waals surface area contributed by atoms with Crippen molar-refractivity contribution >= 4 is 22.6 Å². The summed E-state index contributed by atoms with van der Waals surface area (Å²) in [6.07, 6.45) is 1.15. The molecule has 0 radical (unpaired) electrons. The number of H-pyrrole nitrogens is 1. The van der Waals surface area contributed by atoms with Crippen LogP contribution in [0, 0.1) is 12.8 Å². The fraction of sp³-hybridized carbons (Fsp3) is 0.207. The molecular formula is C29H20ClF2N7O2. The van der Waals surface area contributed by atoms with Gasteiger partial charge in [0.15, 0.2) is 5.58 Å². The topological polar surface area (TPSA) is 107 Å². The van der Waals surface area contributed by atoms with Crippen molar-refractivity contribution in [3.05, 3.63) is 99.2 Å². The third-order valence-electron chi connectivity index (χ3n) is 8.09. The predicted molar refractivity (Wildman–Crippen MR) is 146 cm³/mol. The van der Waals surface area contributed by atoms with E-state index in [0.29, 0.717) is 27.4 Å². The molecule has 1 aliphatic heterocycles. The van der Waals surface area contributed by atoms with Gasteiger partial charge in [0, 0.05) is 39.2 Å². The highest BCUT2D eigenvalue weighted by Gasteiger charge is 2.54. The van der Waals surface area contributed by atoms with Crippen LogP contribution in [-0.4, -0.2) is 34.7 Å². The van der Waals surface area contributed by atoms with Gasteiger partial charge in [-0.3, -0.25) is 4.79 Å². The number of nitrogens with one attached hydrogen (secondary N) is 1. The van der Waals surface area contributed by atoms with Gasteiger partial charge in [0.25, 0.3) is 12.0 Å². The fourth-order valence-electron chi connectivity index (χ4n) is 6.06. The van der Waals surface area contributed by atoms with Gasteiger partial charge in [-0.25, -0.2) is 18.4 Å². The van der Waals surface area contributed by atoms with Crippen LogP contribution in [0.4, 0.5) is 8.78 Å². The molecule has 204 valence electrons. The zero-order valence-corrected chi connectivity index (χ0v) is 22.2. The number of aromatic amines is 1. The summed E-state index contributed by atoms with van der Waals surface area (Å²) in [5.41, 5.74) is 5.31. The first-order valence-corrected chi connectivity index (χ1v) is 13.4. The highest BCUT2D eigenvalue weighted by atomic mass is 35.5. The van der Waals surface area contributed by atoms with Gasteiger partial charge in [-0.1, -0.05) is 28.0 Å². The summed E-state index contributed by atoms with van der Waals surface area (Å²) in [5, 5.41) is 12.9. The molecule has 0 bridgehead atoms. The van der Waals surface area contributed by atoms with E-state index in [-0.39, 0.29) is 23.4 Å². The third kappa shape index (κ3) is 3.76. The van der Waals surface area contributed by atoms with Crippen LogP contribution in [0.25, 0.3) is 39.0 Å². The lowest BCUT2D eigenvalue weighted by Crippen LogP contribution is -2.26. The van der Waals surface area contributed by atoms with Gasteiger partial charge in [-0.05, 0) is 61.2 Å². The minimum absolute atomic E-state index is 0.177. The van der Waals surface area contributed by atoms with Gasteiger partial charge < -0.3 is 14.1 Å². The molecule has 0 saturated heterocycles. The number of hydrogen-bond acceptors (Lipinski definition) is 6. The first-order valence-electron chi connectivity index (χ1n) is 13.0. The van der Waals surface area contributed by atoms with Crippen molar-refractivity contribution in [2.24, 2.45) is 5.92 Å². The van der Waals surface area contributed by atoms with Crippen molar-refractivity contribution in [3.63, 3.8) is 0 Å². The van der Waals surface area contributed by atoms with E-state index in [0.717, 1.165) is 40.3 Å². The first kappa shape index (κ1) is 24.2. The summed E-state index contributed by atoms with van der Waals surface area (Å²) in [7, 11) is 0. The Hall–Kier alpha value is -4.64. The van der Waals surface area contributed by atoms with Crippen molar-refractivity contribution in [1.29, 1.82) is 0 Å². The molecule has 2 aliphatic rings. The second kappa shape index (κ2) is 8.68. The van der Waals surface area contributed by atoms with E-state index in [1.165, 1.54) is 10.9 Å². The summed E-state index contributed by atoms with van der Waals surface area (Å²) < 4.78 is 34.9. The number of rotatable bonds is 5. The van der Waals surface area contributed by atoms with Crippen LogP contribution in [0.3, 0.4) is 0 Å². The highest BCUT2D eigenvalue weighted by Crippen LogP contribution is 2.60. The number of imidazole rings is 1. The van der Waals surface area contributed by atoms with E-state index in [4.69, 9.17) is 16.1 Å². The molecule has 0 spiro atoms. The average Bonchev–Trinajstić information content (AvgIpc) is 3.36. The maximum Gasteiger partial charge on any atom is 0.283 e. The summed E-state index contributed by atoms with van der Waals surface area (Å²) in [6.45, 7) is 1.90. The second-order valence-corrected chi connectivity index (χ2v) is 11.0. The Labute approximate surface area is 235 Å². The number of nitrogens with zero attached hydrogens (tertiary/aromatic N) is 6. The van der Waals surface area contributed by atoms with Crippen molar-refractivity contribution in [1.82, 2.24) is 34.7 Å². The first-order chi connectivity index (χ1) is 19.9. The molecule has 5 heterocycles. The van der Waals surface area contributed by atoms with E-state index in [1.807, 2.05) is 35.8 Å². The molecule has 3 unspecified atom stereocenters. The Morgan fingerprint density at radius 3 is 2.83 bits per heavy atom. The number of halogens is 3.